The van der Waals surface area contributed by atoms with Crippen molar-refractivity contribution in [1.29, 1.82) is 0 Å². The molecule has 0 saturated carbocycles. The summed E-state index contributed by atoms with van der Waals surface area (Å²) in [5.74, 6) is -0.596. The van der Waals surface area contributed by atoms with E-state index in [4.69, 9.17) is 27.6 Å². The molecule has 0 aliphatic carbocycles. The number of pyridine rings is 1. The summed E-state index contributed by atoms with van der Waals surface area (Å²) in [6.07, 6.45) is 0. The molecule has 0 radical (unpaired) electrons. The summed E-state index contributed by atoms with van der Waals surface area (Å²) < 4.78 is 5.78. The highest BCUT2D eigenvalue weighted by Gasteiger charge is 2.16. The van der Waals surface area contributed by atoms with Crippen molar-refractivity contribution < 1.29 is 14.3 Å². The number of furan rings is 1. The lowest BCUT2D eigenvalue weighted by Gasteiger charge is -2.06. The number of para-hydroxylation sites is 1. The molecule has 2 heterocycles. The summed E-state index contributed by atoms with van der Waals surface area (Å²) in [7, 11) is 0. The Bertz CT molecular complexity index is 1120. The van der Waals surface area contributed by atoms with Crippen LogP contribution in [0.3, 0.4) is 0 Å². The molecule has 4 rings (SSSR count). The number of nitrogens with zero attached hydrogens (tertiary/aromatic N) is 1. The lowest BCUT2D eigenvalue weighted by molar-refractivity contribution is 0.0699. The van der Waals surface area contributed by atoms with Crippen molar-refractivity contribution in [2.75, 3.05) is 0 Å². The zero-order valence-electron chi connectivity index (χ0n) is 12.1. The van der Waals surface area contributed by atoms with Crippen molar-refractivity contribution in [2.45, 2.75) is 0 Å². The fourth-order valence-corrected chi connectivity index (χ4v) is 3.05. The number of hydrogen-bond donors (Lipinski definition) is 1. The van der Waals surface area contributed by atoms with Crippen LogP contribution < -0.4 is 0 Å². The first-order chi connectivity index (χ1) is 11.5. The van der Waals surface area contributed by atoms with Gasteiger partial charge in [0.15, 0.2) is 5.76 Å². The zero-order valence-corrected chi connectivity index (χ0v) is 13.6. The molecule has 0 aliphatic rings. The van der Waals surface area contributed by atoms with Gasteiger partial charge in [-0.1, -0.05) is 35.3 Å². The topological polar surface area (TPSA) is 63.3 Å². The van der Waals surface area contributed by atoms with Gasteiger partial charge in [-0.15, -0.1) is 0 Å². The number of carboxylic acid groups (broad SMARTS) is 1. The third-order valence-electron chi connectivity index (χ3n) is 3.75. The van der Waals surface area contributed by atoms with Gasteiger partial charge in [-0.3, -0.25) is 0 Å². The molecule has 0 aliphatic heterocycles. The normalized spacial score (nSPS) is 11.2. The monoisotopic (exact) mass is 357 g/mol. The predicted octanol–water partition coefficient (Wildman–Crippen LogP) is 5.65. The summed E-state index contributed by atoms with van der Waals surface area (Å²) >= 11 is 12.2. The molecular weight excluding hydrogens is 349 g/mol. The Hall–Kier alpha value is -2.56. The number of carboxylic acids is 1. The van der Waals surface area contributed by atoms with Crippen LogP contribution in [0, 0.1) is 0 Å². The maximum absolute atomic E-state index is 11.6. The first-order valence-corrected chi connectivity index (χ1v) is 7.80. The van der Waals surface area contributed by atoms with E-state index in [0.29, 0.717) is 38.0 Å². The van der Waals surface area contributed by atoms with Crippen LogP contribution in [-0.4, -0.2) is 16.1 Å². The minimum absolute atomic E-state index is 0.121. The van der Waals surface area contributed by atoms with Gasteiger partial charge in [0.1, 0.15) is 11.3 Å². The first kappa shape index (κ1) is 15.0. The van der Waals surface area contributed by atoms with Crippen LogP contribution in [-0.2, 0) is 0 Å². The van der Waals surface area contributed by atoms with Crippen molar-refractivity contribution in [3.63, 3.8) is 0 Å². The number of aromatic carboxylic acids is 1. The van der Waals surface area contributed by atoms with E-state index >= 15 is 0 Å². The highest BCUT2D eigenvalue weighted by Crippen LogP contribution is 2.32. The summed E-state index contributed by atoms with van der Waals surface area (Å²) in [5.41, 5.74) is 1.59. The second-order valence-electron chi connectivity index (χ2n) is 5.29. The van der Waals surface area contributed by atoms with Crippen molar-refractivity contribution in [3.05, 3.63) is 64.1 Å². The molecule has 24 heavy (non-hydrogen) atoms. The standard InChI is InChI=1S/C18H9Cl2NO3/c19-10-4-5-15-9(6-10)7-16(24-15)14-8-12(18(22)23)11-2-1-3-13(20)17(11)21-14/h1-8H,(H,22,23). The second kappa shape index (κ2) is 5.51. The molecule has 118 valence electrons. The van der Waals surface area contributed by atoms with Gasteiger partial charge in [0.05, 0.1) is 16.1 Å². The molecule has 2 aromatic heterocycles. The maximum Gasteiger partial charge on any atom is 0.336 e. The third kappa shape index (κ3) is 2.40. The number of benzene rings is 2. The molecule has 0 fully saturated rings. The fourth-order valence-electron chi connectivity index (χ4n) is 2.66. The number of aromatic nitrogens is 1. The molecular formula is C18H9Cl2NO3. The van der Waals surface area contributed by atoms with Crippen LogP contribution in [0.25, 0.3) is 33.3 Å². The number of hydrogen-bond acceptors (Lipinski definition) is 3. The quantitative estimate of drug-likeness (QED) is 0.503. The van der Waals surface area contributed by atoms with Gasteiger partial charge in [0.25, 0.3) is 0 Å². The molecule has 1 N–H and O–H groups in total. The average Bonchev–Trinajstić information content (AvgIpc) is 2.97. The Morgan fingerprint density at radius 2 is 1.92 bits per heavy atom. The highest BCUT2D eigenvalue weighted by atomic mass is 35.5. The van der Waals surface area contributed by atoms with Crippen molar-refractivity contribution in [2.24, 2.45) is 0 Å². The molecule has 0 saturated heterocycles. The van der Waals surface area contributed by atoms with Gasteiger partial charge >= 0.3 is 5.97 Å². The van der Waals surface area contributed by atoms with E-state index < -0.39 is 5.97 Å². The summed E-state index contributed by atoms with van der Waals surface area (Å²) in [6, 6.07) is 13.6. The molecule has 2 aromatic carbocycles. The van der Waals surface area contributed by atoms with E-state index in [0.717, 1.165) is 5.39 Å². The summed E-state index contributed by atoms with van der Waals surface area (Å²) in [4.78, 5) is 16.1. The number of rotatable bonds is 2. The molecule has 4 aromatic rings. The molecule has 0 unspecified atom stereocenters. The van der Waals surface area contributed by atoms with Crippen LogP contribution in [0.15, 0.2) is 52.9 Å². The fraction of sp³-hybridized carbons (Fsp3) is 0. The lowest BCUT2D eigenvalue weighted by Crippen LogP contribution is -2.00. The largest absolute Gasteiger partial charge is 0.478 e. The van der Waals surface area contributed by atoms with Gasteiger partial charge in [-0.05, 0) is 36.4 Å². The predicted molar refractivity (Wildman–Crippen MR) is 93.9 cm³/mol. The van der Waals surface area contributed by atoms with E-state index in [1.165, 1.54) is 6.07 Å². The molecule has 0 spiro atoms. The minimum Gasteiger partial charge on any atom is -0.478 e. The zero-order chi connectivity index (χ0) is 16.8. The Balaban J connectivity index is 2.01. The van der Waals surface area contributed by atoms with Crippen molar-refractivity contribution >= 4 is 51.0 Å². The van der Waals surface area contributed by atoms with Crippen LogP contribution in [0.4, 0.5) is 0 Å². The molecule has 4 nitrogen and oxygen atoms in total. The summed E-state index contributed by atoms with van der Waals surface area (Å²) in [5, 5.41) is 11.8. The van der Waals surface area contributed by atoms with Gasteiger partial charge in [0.2, 0.25) is 0 Å². The average molecular weight is 358 g/mol. The number of fused-ring (bicyclic) bond motifs is 2. The van der Waals surface area contributed by atoms with Gasteiger partial charge < -0.3 is 9.52 Å². The molecule has 0 amide bonds. The Labute approximate surface area is 146 Å². The van der Waals surface area contributed by atoms with Crippen LogP contribution in [0.1, 0.15) is 10.4 Å². The van der Waals surface area contributed by atoms with Crippen LogP contribution in [0.5, 0.6) is 0 Å². The van der Waals surface area contributed by atoms with Crippen molar-refractivity contribution in [1.82, 2.24) is 4.98 Å². The van der Waals surface area contributed by atoms with Crippen LogP contribution in [0.2, 0.25) is 10.0 Å². The first-order valence-electron chi connectivity index (χ1n) is 7.05. The second-order valence-corrected chi connectivity index (χ2v) is 6.13. The summed E-state index contributed by atoms with van der Waals surface area (Å²) in [6.45, 7) is 0. The maximum atomic E-state index is 11.6. The highest BCUT2D eigenvalue weighted by molar-refractivity contribution is 6.35. The SMILES string of the molecule is O=C(O)c1cc(-c2cc3cc(Cl)ccc3o2)nc2c(Cl)cccc12. The number of halogens is 2. The smallest absolute Gasteiger partial charge is 0.336 e. The van der Waals surface area contributed by atoms with Crippen LogP contribution >= 0.6 is 23.2 Å². The minimum atomic E-state index is -1.05. The Morgan fingerprint density at radius 3 is 2.71 bits per heavy atom. The lowest BCUT2D eigenvalue weighted by atomic mass is 10.1. The van der Waals surface area contributed by atoms with E-state index in [2.05, 4.69) is 4.98 Å². The molecule has 0 atom stereocenters. The van der Waals surface area contributed by atoms with Crippen molar-refractivity contribution in [3.8, 4) is 11.5 Å². The van der Waals surface area contributed by atoms with E-state index in [-0.39, 0.29) is 5.56 Å². The Kier molecular flexibility index (Phi) is 3.44. The number of carbonyl (C=O) groups is 1. The molecule has 6 heteroatoms. The van der Waals surface area contributed by atoms with E-state index in [1.54, 1.807) is 42.5 Å². The van der Waals surface area contributed by atoms with Gasteiger partial charge in [-0.2, -0.15) is 0 Å². The Morgan fingerprint density at radius 1 is 1.08 bits per heavy atom. The third-order valence-corrected chi connectivity index (χ3v) is 4.29. The van der Waals surface area contributed by atoms with Gasteiger partial charge in [0, 0.05) is 15.8 Å². The van der Waals surface area contributed by atoms with Gasteiger partial charge in [-0.25, -0.2) is 9.78 Å². The van der Waals surface area contributed by atoms with E-state index in [1.807, 2.05) is 0 Å². The molecule has 0 bridgehead atoms. The van der Waals surface area contributed by atoms with E-state index in [9.17, 15) is 9.90 Å².